The molecule has 1 aliphatic rings. The Balaban J connectivity index is 1.96. The third-order valence-corrected chi connectivity index (χ3v) is 6.10. The Bertz CT molecular complexity index is 577. The van der Waals surface area contributed by atoms with Gasteiger partial charge in [-0.2, -0.15) is 0 Å². The minimum atomic E-state index is -2.83. The van der Waals surface area contributed by atoms with Crippen molar-refractivity contribution in [2.75, 3.05) is 18.1 Å². The van der Waals surface area contributed by atoms with Gasteiger partial charge >= 0.3 is 0 Å². The van der Waals surface area contributed by atoms with Crippen LogP contribution in [0, 0.1) is 11.7 Å². The quantitative estimate of drug-likeness (QED) is 0.899. The molecule has 0 bridgehead atoms. The maximum atomic E-state index is 14.1. The molecule has 1 fully saturated rings. The molecule has 0 spiro atoms. The van der Waals surface area contributed by atoms with Gasteiger partial charge in [0.05, 0.1) is 16.5 Å². The van der Waals surface area contributed by atoms with Crippen LogP contribution in [-0.4, -0.2) is 26.5 Å². The van der Waals surface area contributed by atoms with Gasteiger partial charge in [0.1, 0.15) is 15.7 Å². The van der Waals surface area contributed by atoms with E-state index in [1.54, 1.807) is 18.2 Å². The first-order valence-electron chi connectivity index (χ1n) is 7.30. The molecular formula is C15H21ClFNO2S. The third kappa shape index (κ3) is 4.41. The molecule has 1 unspecified atom stereocenters. The molecular weight excluding hydrogens is 313 g/mol. The van der Waals surface area contributed by atoms with E-state index in [-0.39, 0.29) is 28.4 Å². The number of hydrogen-bond donors (Lipinski definition) is 1. The molecule has 3 nitrogen and oxygen atoms in total. The van der Waals surface area contributed by atoms with Crippen LogP contribution in [0.3, 0.4) is 0 Å². The lowest BCUT2D eigenvalue weighted by molar-refractivity contribution is 0.391. The molecule has 1 aromatic carbocycles. The van der Waals surface area contributed by atoms with Crippen LogP contribution in [-0.2, 0) is 9.84 Å². The van der Waals surface area contributed by atoms with E-state index in [1.807, 2.05) is 6.92 Å². The number of rotatable bonds is 5. The van der Waals surface area contributed by atoms with E-state index in [9.17, 15) is 12.8 Å². The largest absolute Gasteiger partial charge is 0.310 e. The van der Waals surface area contributed by atoms with E-state index in [0.29, 0.717) is 30.9 Å². The lowest BCUT2D eigenvalue weighted by Gasteiger charge is -2.25. The third-order valence-electron chi connectivity index (χ3n) is 4.09. The first-order chi connectivity index (χ1) is 9.93. The zero-order chi connectivity index (χ0) is 15.5. The van der Waals surface area contributed by atoms with Crippen molar-refractivity contribution in [2.45, 2.75) is 32.2 Å². The second-order valence-electron chi connectivity index (χ2n) is 5.61. The Hall–Kier alpha value is -0.650. The summed E-state index contributed by atoms with van der Waals surface area (Å²) in [5, 5.41) is 3.49. The van der Waals surface area contributed by atoms with Gasteiger partial charge < -0.3 is 5.32 Å². The van der Waals surface area contributed by atoms with Crippen molar-refractivity contribution in [1.82, 2.24) is 5.32 Å². The fourth-order valence-electron chi connectivity index (χ4n) is 2.72. The highest BCUT2D eigenvalue weighted by molar-refractivity contribution is 7.91. The van der Waals surface area contributed by atoms with Crippen molar-refractivity contribution < 1.29 is 12.8 Å². The lowest BCUT2D eigenvalue weighted by atomic mass is 9.99. The number of nitrogens with one attached hydrogen (secondary N) is 1. The molecule has 1 saturated heterocycles. The molecule has 0 aromatic heterocycles. The highest BCUT2D eigenvalue weighted by atomic mass is 35.5. The van der Waals surface area contributed by atoms with E-state index in [2.05, 4.69) is 5.32 Å². The molecule has 0 amide bonds. The average molecular weight is 334 g/mol. The van der Waals surface area contributed by atoms with Gasteiger partial charge in [0, 0.05) is 11.6 Å². The summed E-state index contributed by atoms with van der Waals surface area (Å²) in [7, 11) is -2.83. The molecule has 1 aliphatic heterocycles. The summed E-state index contributed by atoms with van der Waals surface area (Å²) in [5.41, 5.74) is 0.577. The zero-order valence-electron chi connectivity index (χ0n) is 12.1. The van der Waals surface area contributed by atoms with Crippen molar-refractivity contribution in [2.24, 2.45) is 5.92 Å². The van der Waals surface area contributed by atoms with Crippen molar-refractivity contribution in [3.8, 4) is 0 Å². The smallest absolute Gasteiger partial charge is 0.150 e. The van der Waals surface area contributed by atoms with Gasteiger partial charge in [0.15, 0.2) is 0 Å². The van der Waals surface area contributed by atoms with E-state index in [1.165, 1.54) is 0 Å². The van der Waals surface area contributed by atoms with Crippen molar-refractivity contribution in [1.29, 1.82) is 0 Å². The summed E-state index contributed by atoms with van der Waals surface area (Å²) in [6, 6.07) is 4.94. The summed E-state index contributed by atoms with van der Waals surface area (Å²) in [6.07, 6.45) is 2.12. The molecule has 0 saturated carbocycles. The van der Waals surface area contributed by atoms with Crippen LogP contribution in [0.2, 0.25) is 5.02 Å². The summed E-state index contributed by atoms with van der Waals surface area (Å²) in [6.45, 7) is 2.70. The second kappa shape index (κ2) is 7.07. The van der Waals surface area contributed by atoms with Crippen LogP contribution in [0.4, 0.5) is 4.39 Å². The Labute approximate surface area is 130 Å². The number of hydrogen-bond acceptors (Lipinski definition) is 3. The fourth-order valence-corrected chi connectivity index (χ4v) is 4.49. The Morgan fingerprint density at radius 1 is 1.38 bits per heavy atom. The maximum Gasteiger partial charge on any atom is 0.150 e. The highest BCUT2D eigenvalue weighted by Crippen LogP contribution is 2.26. The minimum absolute atomic E-state index is 0.0952. The number of benzene rings is 1. The van der Waals surface area contributed by atoms with Gasteiger partial charge in [0.2, 0.25) is 0 Å². The van der Waals surface area contributed by atoms with Crippen LogP contribution in [0.15, 0.2) is 18.2 Å². The van der Waals surface area contributed by atoms with Gasteiger partial charge in [-0.25, -0.2) is 12.8 Å². The predicted molar refractivity (Wildman–Crippen MR) is 83.8 cm³/mol. The summed E-state index contributed by atoms with van der Waals surface area (Å²) in [5.74, 6) is 0.498. The zero-order valence-corrected chi connectivity index (χ0v) is 13.7. The molecule has 0 radical (unpaired) electrons. The lowest BCUT2D eigenvalue weighted by Crippen LogP contribution is -2.33. The van der Waals surface area contributed by atoms with E-state index < -0.39 is 9.84 Å². The summed E-state index contributed by atoms with van der Waals surface area (Å²) < 4.78 is 36.9. The highest BCUT2D eigenvalue weighted by Gasteiger charge is 2.24. The average Bonchev–Trinajstić information content (AvgIpc) is 2.45. The Morgan fingerprint density at radius 2 is 2.05 bits per heavy atom. The molecule has 1 heterocycles. The van der Waals surface area contributed by atoms with Crippen LogP contribution in [0.25, 0.3) is 0 Å². The van der Waals surface area contributed by atoms with Gasteiger partial charge in [0.25, 0.3) is 0 Å². The Morgan fingerprint density at radius 3 is 2.67 bits per heavy atom. The molecule has 1 N–H and O–H groups in total. The van der Waals surface area contributed by atoms with E-state index in [0.717, 1.165) is 6.42 Å². The molecule has 2 rings (SSSR count). The van der Waals surface area contributed by atoms with Crippen molar-refractivity contribution >= 4 is 21.4 Å². The standard InChI is InChI=1S/C15H21ClFNO2S/c1-2-14(12-4-3-5-13(16)15(12)17)18-10-11-6-8-21(19,20)9-7-11/h3-5,11,14,18H,2,6-10H2,1H3. The van der Waals surface area contributed by atoms with Crippen LogP contribution < -0.4 is 5.32 Å². The Kier molecular flexibility index (Phi) is 5.63. The van der Waals surface area contributed by atoms with Crippen LogP contribution in [0.5, 0.6) is 0 Å². The van der Waals surface area contributed by atoms with Gasteiger partial charge in [-0.1, -0.05) is 30.7 Å². The normalized spacial score (nSPS) is 20.3. The van der Waals surface area contributed by atoms with Crippen LogP contribution >= 0.6 is 11.6 Å². The first kappa shape index (κ1) is 16.7. The second-order valence-corrected chi connectivity index (χ2v) is 8.32. The van der Waals surface area contributed by atoms with Crippen LogP contribution in [0.1, 0.15) is 37.8 Å². The van der Waals surface area contributed by atoms with Gasteiger partial charge in [-0.05, 0) is 37.8 Å². The van der Waals surface area contributed by atoms with Crippen molar-refractivity contribution in [3.63, 3.8) is 0 Å². The summed E-state index contributed by atoms with van der Waals surface area (Å²) in [4.78, 5) is 0. The number of halogens is 2. The van der Waals surface area contributed by atoms with Gasteiger partial charge in [-0.3, -0.25) is 0 Å². The van der Waals surface area contributed by atoms with Gasteiger partial charge in [-0.15, -0.1) is 0 Å². The van der Waals surface area contributed by atoms with Crippen molar-refractivity contribution in [3.05, 3.63) is 34.6 Å². The topological polar surface area (TPSA) is 46.2 Å². The predicted octanol–water partition coefficient (Wildman–Crippen LogP) is 3.34. The van der Waals surface area contributed by atoms with E-state index >= 15 is 0 Å². The molecule has 118 valence electrons. The SMILES string of the molecule is CCC(NCC1CCS(=O)(=O)CC1)c1cccc(Cl)c1F. The molecule has 6 heteroatoms. The molecule has 1 aromatic rings. The summed E-state index contributed by atoms with van der Waals surface area (Å²) >= 11 is 5.83. The monoisotopic (exact) mass is 333 g/mol. The number of sulfone groups is 1. The molecule has 1 atom stereocenters. The fraction of sp³-hybridized carbons (Fsp3) is 0.600. The molecule has 0 aliphatic carbocycles. The van der Waals surface area contributed by atoms with E-state index in [4.69, 9.17) is 11.6 Å². The molecule has 21 heavy (non-hydrogen) atoms. The maximum absolute atomic E-state index is 14.1. The minimum Gasteiger partial charge on any atom is -0.310 e. The first-order valence-corrected chi connectivity index (χ1v) is 9.50.